The number of hydrogen-bond acceptors (Lipinski definition) is 5. The normalized spacial score (nSPS) is 11.8. The summed E-state index contributed by atoms with van der Waals surface area (Å²) in [5, 5.41) is 9.44. The molecule has 0 unspecified atom stereocenters. The van der Waals surface area contributed by atoms with Crippen molar-refractivity contribution in [3.05, 3.63) is 0 Å². The molecule has 0 spiro atoms. The fourth-order valence-corrected chi connectivity index (χ4v) is 6.88. The molecule has 6 nitrogen and oxygen atoms in total. The van der Waals surface area contributed by atoms with E-state index in [9.17, 15) is 9.90 Å². The maximum absolute atomic E-state index is 11.5. The van der Waals surface area contributed by atoms with Gasteiger partial charge in [-0.15, -0.1) is 0 Å². The van der Waals surface area contributed by atoms with Crippen LogP contribution in [-0.4, -0.2) is 57.9 Å². The van der Waals surface area contributed by atoms with Crippen LogP contribution in [0, 0.1) is 0 Å². The number of rotatable bonds is 25. The number of amides is 1. The van der Waals surface area contributed by atoms with E-state index in [0.29, 0.717) is 12.6 Å². The highest BCUT2D eigenvalue weighted by molar-refractivity contribution is 7.97. The molecule has 33 heavy (non-hydrogen) atoms. The number of carbonyl (C=O) groups is 1. The summed E-state index contributed by atoms with van der Waals surface area (Å²) in [5.74, 6) is 0.718. The topological polar surface area (TPSA) is 68.2 Å². The lowest BCUT2D eigenvalue weighted by Crippen LogP contribution is -2.42. The van der Waals surface area contributed by atoms with Crippen molar-refractivity contribution >= 4 is 26.8 Å². The molecule has 1 amide bonds. The molecule has 198 valence electrons. The summed E-state index contributed by atoms with van der Waals surface area (Å²) >= 11 is 1.38. The summed E-state index contributed by atoms with van der Waals surface area (Å²) in [5.41, 5.74) is 0. The Morgan fingerprint density at radius 2 is 1.09 bits per heavy atom. The quantitative estimate of drug-likeness (QED) is 0.0764. The molecule has 0 aromatic carbocycles. The van der Waals surface area contributed by atoms with E-state index in [0.717, 1.165) is 25.0 Å². The first-order valence-electron chi connectivity index (χ1n) is 13.3. The summed E-state index contributed by atoms with van der Waals surface area (Å²) in [6.07, 6.45) is 21.2. The van der Waals surface area contributed by atoms with Crippen LogP contribution >= 0.6 is 11.9 Å². The Balaban J connectivity index is 3.58. The van der Waals surface area contributed by atoms with Crippen molar-refractivity contribution in [2.45, 2.75) is 122 Å². The first kappa shape index (κ1) is 32.7. The monoisotopic (exact) mass is 507 g/mol. The minimum Gasteiger partial charge on any atom is -0.464 e. The Morgan fingerprint density at radius 3 is 1.45 bits per heavy atom. The molecule has 0 saturated heterocycles. The molecule has 0 aliphatic heterocycles. The van der Waals surface area contributed by atoms with Gasteiger partial charge in [0, 0.05) is 39.7 Å². The molecular weight excluding hydrogens is 454 g/mol. The molecule has 0 radical (unpaired) electrons. The third-order valence-electron chi connectivity index (χ3n) is 6.24. The average Bonchev–Trinajstić information content (AvgIpc) is 2.82. The molecule has 1 N–H and O–H groups in total. The van der Waals surface area contributed by atoms with Gasteiger partial charge >= 0.3 is 14.9 Å². The van der Waals surface area contributed by atoms with Gasteiger partial charge in [0.05, 0.1) is 0 Å². The smallest absolute Gasteiger partial charge is 0.464 e. The van der Waals surface area contributed by atoms with Crippen molar-refractivity contribution in [2.24, 2.45) is 0 Å². The zero-order valence-electron chi connectivity index (χ0n) is 22.1. The molecular formula is C25H53NO5SSi. The predicted octanol–water partition coefficient (Wildman–Crippen LogP) is 8.14. The van der Waals surface area contributed by atoms with Gasteiger partial charge in [0.25, 0.3) is 0 Å². The second kappa shape index (κ2) is 23.5. The van der Waals surface area contributed by atoms with Gasteiger partial charge in [-0.25, -0.2) is 4.79 Å². The fraction of sp³-hybridized carbons (Fsp3) is 0.960. The molecule has 0 aromatic rings. The maximum atomic E-state index is 11.5. The molecule has 0 saturated carbocycles. The third kappa shape index (κ3) is 18.7. The van der Waals surface area contributed by atoms with Crippen LogP contribution in [0.4, 0.5) is 4.79 Å². The molecule has 0 aliphatic carbocycles. The zero-order chi connectivity index (χ0) is 24.6. The standard InChI is InChI=1S/C25H53NO5SSi/c1-5-6-7-8-9-10-11-12-13-14-15-16-17-18-19-20-22-26(25(27)28)32-23-21-24-33(29-2,30-3)31-4/h5-24H2,1-4H3,(H,27,28). The Kier molecular flexibility index (Phi) is 23.3. The molecule has 0 rings (SSSR count). The van der Waals surface area contributed by atoms with Crippen LogP contribution < -0.4 is 0 Å². The Hall–Kier alpha value is -0.283. The Morgan fingerprint density at radius 1 is 0.697 bits per heavy atom. The van der Waals surface area contributed by atoms with Gasteiger partial charge in [0.1, 0.15) is 0 Å². The van der Waals surface area contributed by atoms with Crippen molar-refractivity contribution in [1.82, 2.24) is 4.31 Å². The zero-order valence-corrected chi connectivity index (χ0v) is 23.9. The fourth-order valence-electron chi connectivity index (χ4n) is 4.04. The van der Waals surface area contributed by atoms with Gasteiger partial charge in [-0.2, -0.15) is 0 Å². The van der Waals surface area contributed by atoms with E-state index in [-0.39, 0.29) is 0 Å². The van der Waals surface area contributed by atoms with Crippen molar-refractivity contribution < 1.29 is 23.2 Å². The summed E-state index contributed by atoms with van der Waals surface area (Å²) in [7, 11) is 2.25. The van der Waals surface area contributed by atoms with Crippen molar-refractivity contribution in [3.8, 4) is 0 Å². The van der Waals surface area contributed by atoms with Crippen LogP contribution in [-0.2, 0) is 13.3 Å². The SMILES string of the molecule is CCCCCCCCCCCCCCCCCCN(SCCC[Si](OC)(OC)OC)C(=O)O. The molecule has 0 bridgehead atoms. The van der Waals surface area contributed by atoms with Crippen LogP contribution in [0.3, 0.4) is 0 Å². The predicted molar refractivity (Wildman–Crippen MR) is 143 cm³/mol. The maximum Gasteiger partial charge on any atom is 0.500 e. The Bertz CT molecular complexity index is 433. The van der Waals surface area contributed by atoms with Crippen molar-refractivity contribution in [3.63, 3.8) is 0 Å². The van der Waals surface area contributed by atoms with E-state index in [4.69, 9.17) is 13.3 Å². The second-order valence-electron chi connectivity index (χ2n) is 8.92. The first-order valence-corrected chi connectivity index (χ1v) is 16.2. The van der Waals surface area contributed by atoms with Gasteiger partial charge < -0.3 is 18.4 Å². The molecule has 0 fully saturated rings. The van der Waals surface area contributed by atoms with E-state index in [1.165, 1.54) is 106 Å². The highest BCUT2D eigenvalue weighted by atomic mass is 32.2. The largest absolute Gasteiger partial charge is 0.500 e. The van der Waals surface area contributed by atoms with Gasteiger partial charge in [-0.1, -0.05) is 103 Å². The van der Waals surface area contributed by atoms with Gasteiger partial charge in [-0.05, 0) is 24.8 Å². The van der Waals surface area contributed by atoms with Crippen LogP contribution in [0.15, 0.2) is 0 Å². The number of unbranched alkanes of at least 4 members (excludes halogenated alkanes) is 15. The summed E-state index contributed by atoms with van der Waals surface area (Å²) in [6, 6.07) is 0.690. The highest BCUT2D eigenvalue weighted by Gasteiger charge is 2.36. The van der Waals surface area contributed by atoms with E-state index in [2.05, 4.69) is 6.92 Å². The minimum absolute atomic E-state index is 0.597. The molecule has 0 atom stereocenters. The average molecular weight is 508 g/mol. The van der Waals surface area contributed by atoms with Crippen LogP contribution in [0.1, 0.15) is 116 Å². The summed E-state index contributed by atoms with van der Waals surface area (Å²) < 4.78 is 17.7. The number of hydrogen-bond donors (Lipinski definition) is 1. The lowest BCUT2D eigenvalue weighted by molar-refractivity contribution is 0.123. The molecule has 0 aromatic heterocycles. The van der Waals surface area contributed by atoms with Gasteiger partial charge in [0.2, 0.25) is 0 Å². The van der Waals surface area contributed by atoms with E-state index >= 15 is 0 Å². The van der Waals surface area contributed by atoms with E-state index in [1.807, 2.05) is 0 Å². The second-order valence-corrected chi connectivity index (χ2v) is 13.1. The molecule has 8 heteroatoms. The highest BCUT2D eigenvalue weighted by Crippen LogP contribution is 2.20. The van der Waals surface area contributed by atoms with Crippen LogP contribution in [0.5, 0.6) is 0 Å². The van der Waals surface area contributed by atoms with Crippen LogP contribution in [0.25, 0.3) is 0 Å². The molecule has 0 aliphatic rings. The van der Waals surface area contributed by atoms with Crippen LogP contribution in [0.2, 0.25) is 6.04 Å². The van der Waals surface area contributed by atoms with E-state index < -0.39 is 14.9 Å². The number of carboxylic acid groups (broad SMARTS) is 1. The summed E-state index contributed by atoms with van der Waals surface area (Å²) in [4.78, 5) is 11.5. The van der Waals surface area contributed by atoms with Crippen molar-refractivity contribution in [1.29, 1.82) is 0 Å². The van der Waals surface area contributed by atoms with Gasteiger partial charge in [0.15, 0.2) is 0 Å². The van der Waals surface area contributed by atoms with Gasteiger partial charge in [-0.3, -0.25) is 4.31 Å². The minimum atomic E-state index is -2.56. The molecule has 0 heterocycles. The lowest BCUT2D eigenvalue weighted by atomic mass is 10.0. The first-order chi connectivity index (χ1) is 16.0. The number of nitrogens with zero attached hydrogens (tertiary/aromatic N) is 1. The van der Waals surface area contributed by atoms with Crippen molar-refractivity contribution in [2.75, 3.05) is 33.6 Å². The summed E-state index contributed by atoms with van der Waals surface area (Å²) in [6.45, 7) is 2.87. The Labute approximate surface area is 210 Å². The van der Waals surface area contributed by atoms with E-state index in [1.54, 1.807) is 21.3 Å². The lowest BCUT2D eigenvalue weighted by Gasteiger charge is -2.24. The third-order valence-corrected chi connectivity index (χ3v) is 10.2.